The van der Waals surface area contributed by atoms with Crippen molar-refractivity contribution < 1.29 is 4.74 Å². The van der Waals surface area contributed by atoms with Gasteiger partial charge in [-0.2, -0.15) is 0 Å². The second-order valence-corrected chi connectivity index (χ2v) is 22.7. The fourth-order valence-electron chi connectivity index (χ4n) is 3.64. The molecular weight excluding hydrogens is 489 g/mol. The van der Waals surface area contributed by atoms with Gasteiger partial charge in [-0.25, -0.2) is 0 Å². The summed E-state index contributed by atoms with van der Waals surface area (Å²) in [6.07, 6.45) is 0. The number of ether oxygens (including phenoxy) is 1. The first-order valence-corrected chi connectivity index (χ1v) is 18.5. The third kappa shape index (κ3) is 4.15. The Morgan fingerprint density at radius 2 is 1.11 bits per heavy atom. The molecule has 0 radical (unpaired) electrons. The van der Waals surface area contributed by atoms with E-state index in [4.69, 9.17) is 17.0 Å². The van der Waals surface area contributed by atoms with Gasteiger partial charge in [0.2, 0.25) is 0 Å². The number of nitrogens with zero attached hydrogens (tertiary/aromatic N) is 1. The summed E-state index contributed by atoms with van der Waals surface area (Å²) in [5.41, 5.74) is 0. The number of morpholine rings is 1. The van der Waals surface area contributed by atoms with Gasteiger partial charge >= 0.3 is 180 Å². The monoisotopic (exact) mass is 513 g/mol. The molecule has 142 valence electrons. The molecule has 0 amide bonds. The Labute approximate surface area is 179 Å². The Bertz CT molecular complexity index is 803. The molecule has 4 rings (SSSR count). The van der Waals surface area contributed by atoms with E-state index in [-0.39, 0.29) is 0 Å². The zero-order valence-corrected chi connectivity index (χ0v) is 20.1. The Balaban J connectivity index is 1.87. The average Bonchev–Trinajstić information content (AvgIpc) is 2.80. The van der Waals surface area contributed by atoms with Gasteiger partial charge in [0.15, 0.2) is 0 Å². The molecule has 0 bridgehead atoms. The van der Waals surface area contributed by atoms with Crippen molar-refractivity contribution in [3.8, 4) is 0 Å². The van der Waals surface area contributed by atoms with E-state index in [2.05, 4.69) is 95.9 Å². The van der Waals surface area contributed by atoms with Gasteiger partial charge in [-0.3, -0.25) is 0 Å². The summed E-state index contributed by atoms with van der Waals surface area (Å²) in [4.78, 5) is 2.32. The summed E-state index contributed by atoms with van der Waals surface area (Å²) in [5, 5.41) is 0. The molecule has 0 unspecified atom stereocenters. The van der Waals surface area contributed by atoms with Crippen LogP contribution in [0, 0.1) is 0 Å². The first kappa shape index (κ1) is 20.0. The van der Waals surface area contributed by atoms with Crippen LogP contribution in [0.4, 0.5) is 0 Å². The Morgan fingerprint density at radius 3 is 1.50 bits per heavy atom. The molecular formula is C23H23NOS2Sn. The SMILES string of the molecule is S=C([S][Sn]([c]1ccccc1)([c]1ccccc1)[c]1ccccc1)N1CCOCC1. The second kappa shape index (κ2) is 9.44. The first-order chi connectivity index (χ1) is 13.8. The van der Waals surface area contributed by atoms with E-state index in [0.717, 1.165) is 30.6 Å². The fourth-order valence-corrected chi connectivity index (χ4v) is 24.9. The standard InChI is InChI=1S/3C6H5.C5H9NOS2.Sn/c3*1-2-4-6-5-3-1;8-5(9)6-1-3-7-4-2-6;/h3*1-5H;1-4H2,(H,8,9);/q;;;;+1/p-1. The summed E-state index contributed by atoms with van der Waals surface area (Å²) in [6, 6.07) is 33.0. The topological polar surface area (TPSA) is 12.5 Å². The average molecular weight is 512 g/mol. The molecule has 0 atom stereocenters. The van der Waals surface area contributed by atoms with E-state index in [1.807, 2.05) is 8.95 Å². The number of rotatable bonds is 4. The third-order valence-electron chi connectivity index (χ3n) is 5.05. The van der Waals surface area contributed by atoms with E-state index >= 15 is 0 Å². The molecule has 0 aliphatic carbocycles. The molecule has 3 aromatic carbocycles. The van der Waals surface area contributed by atoms with Crippen molar-refractivity contribution >= 4 is 53.2 Å². The van der Waals surface area contributed by atoms with E-state index in [1.165, 1.54) is 10.7 Å². The van der Waals surface area contributed by atoms with Crippen LogP contribution in [-0.4, -0.2) is 52.5 Å². The molecule has 0 N–H and O–H groups in total. The third-order valence-corrected chi connectivity index (χ3v) is 26.4. The van der Waals surface area contributed by atoms with Crippen molar-refractivity contribution in [1.82, 2.24) is 4.90 Å². The summed E-state index contributed by atoms with van der Waals surface area (Å²) in [5.74, 6) is 0. The van der Waals surface area contributed by atoms with Crippen LogP contribution in [0.2, 0.25) is 0 Å². The minimum absolute atomic E-state index is 0.755. The molecule has 1 fully saturated rings. The second-order valence-electron chi connectivity index (χ2n) is 6.75. The number of hydrogen-bond donors (Lipinski definition) is 0. The maximum atomic E-state index is 6.01. The number of benzene rings is 3. The van der Waals surface area contributed by atoms with E-state index in [9.17, 15) is 0 Å². The molecule has 1 saturated heterocycles. The molecule has 5 heteroatoms. The summed E-state index contributed by atoms with van der Waals surface area (Å²) in [7, 11) is 1.97. The Hall–Kier alpha value is -1.34. The molecule has 3 aromatic rings. The van der Waals surface area contributed by atoms with E-state index in [1.54, 1.807) is 0 Å². The van der Waals surface area contributed by atoms with Gasteiger partial charge in [-0.05, 0) is 0 Å². The Kier molecular flexibility index (Phi) is 6.73. The van der Waals surface area contributed by atoms with Gasteiger partial charge in [0.1, 0.15) is 0 Å². The van der Waals surface area contributed by atoms with Crippen LogP contribution < -0.4 is 10.7 Å². The van der Waals surface area contributed by atoms with Crippen molar-refractivity contribution in [2.24, 2.45) is 0 Å². The first-order valence-electron chi connectivity index (χ1n) is 9.53. The van der Waals surface area contributed by atoms with Crippen LogP contribution in [0.1, 0.15) is 0 Å². The van der Waals surface area contributed by atoms with Gasteiger partial charge in [0.05, 0.1) is 0 Å². The summed E-state index contributed by atoms with van der Waals surface area (Å²) in [6.45, 7) is 3.27. The summed E-state index contributed by atoms with van der Waals surface area (Å²) >= 11 is 2.62. The number of hydrogen-bond acceptors (Lipinski definition) is 3. The predicted octanol–water partition coefficient (Wildman–Crippen LogP) is 3.00. The van der Waals surface area contributed by atoms with Gasteiger partial charge in [-0.15, -0.1) is 0 Å². The van der Waals surface area contributed by atoms with Crippen molar-refractivity contribution in [2.45, 2.75) is 0 Å². The van der Waals surface area contributed by atoms with Gasteiger partial charge < -0.3 is 0 Å². The molecule has 1 aliphatic heterocycles. The normalized spacial score (nSPS) is 14.6. The van der Waals surface area contributed by atoms with Crippen LogP contribution in [-0.2, 0) is 4.74 Å². The van der Waals surface area contributed by atoms with Gasteiger partial charge in [-0.1, -0.05) is 0 Å². The molecule has 1 heterocycles. The van der Waals surface area contributed by atoms with Crippen molar-refractivity contribution in [2.75, 3.05) is 26.3 Å². The molecule has 0 aromatic heterocycles. The van der Waals surface area contributed by atoms with Crippen molar-refractivity contribution in [1.29, 1.82) is 0 Å². The fraction of sp³-hybridized carbons (Fsp3) is 0.174. The molecule has 0 saturated carbocycles. The summed E-state index contributed by atoms with van der Waals surface area (Å²) < 4.78 is 10.9. The van der Waals surface area contributed by atoms with E-state index < -0.39 is 17.0 Å². The van der Waals surface area contributed by atoms with Gasteiger partial charge in [0.25, 0.3) is 0 Å². The van der Waals surface area contributed by atoms with Crippen LogP contribution >= 0.6 is 21.2 Å². The Morgan fingerprint density at radius 1 is 0.714 bits per heavy atom. The van der Waals surface area contributed by atoms with Gasteiger partial charge in [0, 0.05) is 0 Å². The van der Waals surface area contributed by atoms with Crippen LogP contribution in [0.3, 0.4) is 0 Å². The molecule has 2 nitrogen and oxygen atoms in total. The van der Waals surface area contributed by atoms with E-state index in [0.29, 0.717) is 0 Å². The van der Waals surface area contributed by atoms with Crippen molar-refractivity contribution in [3.05, 3.63) is 91.0 Å². The number of thiocarbonyl (C=S) groups is 1. The molecule has 28 heavy (non-hydrogen) atoms. The minimum atomic E-state index is -3.39. The molecule has 1 aliphatic rings. The van der Waals surface area contributed by atoms with Crippen LogP contribution in [0.25, 0.3) is 0 Å². The van der Waals surface area contributed by atoms with Crippen LogP contribution in [0.5, 0.6) is 0 Å². The maximum absolute atomic E-state index is 6.01. The zero-order valence-electron chi connectivity index (χ0n) is 15.7. The molecule has 0 spiro atoms. The quantitative estimate of drug-likeness (QED) is 0.394. The predicted molar refractivity (Wildman–Crippen MR) is 127 cm³/mol. The van der Waals surface area contributed by atoms with Crippen LogP contribution in [0.15, 0.2) is 91.0 Å². The zero-order chi connectivity index (χ0) is 19.2. The van der Waals surface area contributed by atoms with Crippen molar-refractivity contribution in [3.63, 3.8) is 0 Å².